The molecule has 0 radical (unpaired) electrons. The van der Waals surface area contributed by atoms with Crippen LogP contribution in [0.3, 0.4) is 0 Å². The van der Waals surface area contributed by atoms with Crippen LogP contribution in [-0.4, -0.2) is 142 Å². The highest BCUT2D eigenvalue weighted by Gasteiger charge is 2.31. The van der Waals surface area contributed by atoms with Crippen LogP contribution in [0.4, 0.5) is 10.1 Å². The van der Waals surface area contributed by atoms with Gasteiger partial charge in [0.2, 0.25) is 5.91 Å². The molecular weight excluding hydrogens is 798 g/mol. The molecule has 0 bridgehead atoms. The van der Waals surface area contributed by atoms with Crippen molar-refractivity contribution in [2.24, 2.45) is 5.92 Å². The minimum absolute atomic E-state index is 0.0150. The summed E-state index contributed by atoms with van der Waals surface area (Å²) < 4.78 is 15.1. The lowest BCUT2D eigenvalue weighted by Crippen LogP contribution is -2.55. The summed E-state index contributed by atoms with van der Waals surface area (Å²) in [5, 5.41) is 11.5. The molecular formula is C49H58FN9O4. The van der Waals surface area contributed by atoms with Crippen molar-refractivity contribution in [3.8, 4) is 11.1 Å². The Kier molecular flexibility index (Phi) is 13.6. The summed E-state index contributed by atoms with van der Waals surface area (Å²) in [6.07, 6.45) is 4.98. The van der Waals surface area contributed by atoms with E-state index in [1.54, 1.807) is 29.2 Å². The van der Waals surface area contributed by atoms with E-state index in [1.165, 1.54) is 11.6 Å². The zero-order valence-electron chi connectivity index (χ0n) is 36.6. The molecule has 0 aliphatic carbocycles. The van der Waals surface area contributed by atoms with Crippen molar-refractivity contribution < 1.29 is 18.8 Å². The first-order chi connectivity index (χ1) is 30.5. The van der Waals surface area contributed by atoms with Crippen molar-refractivity contribution in [1.29, 1.82) is 0 Å². The number of carbonyl (C=O) groups is 3. The van der Waals surface area contributed by atoms with E-state index < -0.39 is 11.7 Å². The summed E-state index contributed by atoms with van der Waals surface area (Å²) in [5.41, 5.74) is 5.64. The van der Waals surface area contributed by atoms with Crippen LogP contribution in [0, 0.1) is 11.7 Å². The third-order valence-corrected chi connectivity index (χ3v) is 12.8. The van der Waals surface area contributed by atoms with Crippen molar-refractivity contribution in [2.75, 3.05) is 83.9 Å². The number of aromatic amines is 1. The molecule has 13 nitrogen and oxygen atoms in total. The minimum atomic E-state index is -0.599. The van der Waals surface area contributed by atoms with Gasteiger partial charge in [-0.3, -0.25) is 24.1 Å². The molecule has 2 N–H and O–H groups in total. The van der Waals surface area contributed by atoms with Gasteiger partial charge in [0.1, 0.15) is 5.82 Å². The number of pyridine rings is 1. The van der Waals surface area contributed by atoms with Crippen LogP contribution in [-0.2, 0) is 17.6 Å². The SMILES string of the molecule is CCc1cccc(-c2cnc(C(=O)N3CCC(CN4CCN(CC(=O)N5CCN(C(=O)c6cc(Cc7n[nH]c(=O)c8ccccc78)ccc6F)CC5)CC4)CC3)c(NC(C)C)c2)c1. The monoisotopic (exact) mass is 855 g/mol. The molecule has 3 aromatic carbocycles. The fourth-order valence-electron chi connectivity index (χ4n) is 9.11. The minimum Gasteiger partial charge on any atom is -0.381 e. The van der Waals surface area contributed by atoms with E-state index in [1.807, 2.05) is 28.1 Å². The quantitative estimate of drug-likeness (QED) is 0.166. The van der Waals surface area contributed by atoms with E-state index in [-0.39, 0.29) is 29.0 Å². The number of piperazine rings is 2. The Hall–Kier alpha value is -5.99. The van der Waals surface area contributed by atoms with Gasteiger partial charge in [0.25, 0.3) is 17.4 Å². The molecule has 0 unspecified atom stereocenters. The number of halogens is 1. The zero-order valence-corrected chi connectivity index (χ0v) is 36.6. The number of aryl methyl sites for hydroxylation is 1. The van der Waals surface area contributed by atoms with E-state index in [2.05, 4.69) is 76.4 Å². The number of likely N-dealkylation sites (tertiary alicyclic amines) is 1. The third-order valence-electron chi connectivity index (χ3n) is 12.8. The Morgan fingerprint density at radius 3 is 2.19 bits per heavy atom. The van der Waals surface area contributed by atoms with Crippen LogP contribution in [0.25, 0.3) is 21.9 Å². The number of nitrogens with one attached hydrogen (secondary N) is 2. The number of H-pyrrole nitrogens is 1. The van der Waals surface area contributed by atoms with Crippen LogP contribution in [0.1, 0.15) is 71.3 Å². The summed E-state index contributed by atoms with van der Waals surface area (Å²) in [6, 6.07) is 22.4. The number of carbonyl (C=O) groups excluding carboxylic acids is 3. The molecule has 8 rings (SSSR count). The molecule has 5 heterocycles. The molecule has 3 aliphatic rings. The number of rotatable bonds is 12. The average Bonchev–Trinajstić information content (AvgIpc) is 3.31. The zero-order chi connectivity index (χ0) is 44.0. The molecule has 5 aromatic rings. The van der Waals surface area contributed by atoms with Crippen molar-refractivity contribution in [3.05, 3.63) is 123 Å². The molecule has 0 saturated carbocycles. The molecule has 3 fully saturated rings. The second kappa shape index (κ2) is 19.6. The predicted octanol–water partition coefficient (Wildman–Crippen LogP) is 5.55. The van der Waals surface area contributed by atoms with Gasteiger partial charge in [0.05, 0.1) is 28.9 Å². The molecule has 3 amide bonds. The summed E-state index contributed by atoms with van der Waals surface area (Å²) >= 11 is 0. The predicted molar refractivity (Wildman–Crippen MR) is 243 cm³/mol. The Morgan fingerprint density at radius 2 is 1.46 bits per heavy atom. The van der Waals surface area contributed by atoms with Crippen molar-refractivity contribution in [3.63, 3.8) is 0 Å². The number of piperidine rings is 1. The van der Waals surface area contributed by atoms with Crippen LogP contribution in [0.15, 0.2) is 83.8 Å². The second-order valence-electron chi connectivity index (χ2n) is 17.5. The Labute approximate surface area is 368 Å². The second-order valence-corrected chi connectivity index (χ2v) is 17.5. The highest BCUT2D eigenvalue weighted by molar-refractivity contribution is 5.98. The molecule has 0 spiro atoms. The first-order valence-electron chi connectivity index (χ1n) is 22.4. The number of hydrogen-bond donors (Lipinski definition) is 2. The molecule has 14 heteroatoms. The summed E-state index contributed by atoms with van der Waals surface area (Å²) in [5.74, 6) is -0.484. The average molecular weight is 856 g/mol. The van der Waals surface area contributed by atoms with E-state index in [4.69, 9.17) is 4.98 Å². The number of aromatic nitrogens is 3. The van der Waals surface area contributed by atoms with Crippen LogP contribution in [0.2, 0.25) is 0 Å². The maximum Gasteiger partial charge on any atom is 0.274 e. The van der Waals surface area contributed by atoms with E-state index >= 15 is 4.39 Å². The van der Waals surface area contributed by atoms with Gasteiger partial charge in [0.15, 0.2) is 5.69 Å². The lowest BCUT2D eigenvalue weighted by Gasteiger charge is -2.40. The smallest absolute Gasteiger partial charge is 0.274 e. The number of amides is 3. The first-order valence-corrected chi connectivity index (χ1v) is 22.4. The fraction of sp³-hybridized carbons (Fsp3) is 0.429. The van der Waals surface area contributed by atoms with E-state index in [0.717, 1.165) is 68.8 Å². The number of fused-ring (bicyclic) bond motifs is 1. The fourth-order valence-corrected chi connectivity index (χ4v) is 9.11. The van der Waals surface area contributed by atoms with Crippen LogP contribution >= 0.6 is 0 Å². The van der Waals surface area contributed by atoms with Gasteiger partial charge in [-0.1, -0.05) is 55.5 Å². The number of hydrogen-bond acceptors (Lipinski definition) is 9. The highest BCUT2D eigenvalue weighted by atomic mass is 19.1. The summed E-state index contributed by atoms with van der Waals surface area (Å²) in [7, 11) is 0. The normalized spacial score (nSPS) is 16.8. The van der Waals surface area contributed by atoms with Crippen LogP contribution < -0.4 is 10.9 Å². The molecule has 0 atom stereocenters. The Bertz CT molecular complexity index is 2500. The molecule has 3 saturated heterocycles. The molecule has 330 valence electrons. The van der Waals surface area contributed by atoms with Gasteiger partial charge < -0.3 is 24.9 Å². The third kappa shape index (κ3) is 10.3. The molecule has 63 heavy (non-hydrogen) atoms. The van der Waals surface area contributed by atoms with Gasteiger partial charge in [-0.25, -0.2) is 14.5 Å². The van der Waals surface area contributed by atoms with Gasteiger partial charge in [-0.2, -0.15) is 5.10 Å². The van der Waals surface area contributed by atoms with Crippen molar-refractivity contribution in [2.45, 2.75) is 52.5 Å². The Balaban J connectivity index is 0.770. The first kappa shape index (κ1) is 43.7. The summed E-state index contributed by atoms with van der Waals surface area (Å²) in [6.45, 7) is 13.8. The lowest BCUT2D eigenvalue weighted by molar-refractivity contribution is -0.134. The van der Waals surface area contributed by atoms with E-state index in [0.29, 0.717) is 85.9 Å². The highest BCUT2D eigenvalue weighted by Crippen LogP contribution is 2.28. The lowest BCUT2D eigenvalue weighted by atomic mass is 9.95. The van der Waals surface area contributed by atoms with E-state index in [9.17, 15) is 19.2 Å². The Morgan fingerprint density at radius 1 is 0.762 bits per heavy atom. The van der Waals surface area contributed by atoms with Crippen LogP contribution in [0.5, 0.6) is 0 Å². The van der Waals surface area contributed by atoms with Gasteiger partial charge >= 0.3 is 0 Å². The van der Waals surface area contributed by atoms with Gasteiger partial charge in [-0.15, -0.1) is 0 Å². The topological polar surface area (TPSA) is 138 Å². The van der Waals surface area contributed by atoms with Gasteiger partial charge in [0, 0.05) is 102 Å². The van der Waals surface area contributed by atoms with Crippen molar-refractivity contribution >= 4 is 34.2 Å². The van der Waals surface area contributed by atoms with Gasteiger partial charge in [-0.05, 0) is 80.0 Å². The standard InChI is InChI=1S/C49H58FN9O4/c1-4-34-8-7-9-37(26-34)38-29-44(52-33(2)3)46(51-30-38)49(63)58-16-14-35(15-17-58)31-55-18-20-56(21-19-55)32-45(60)57-22-24-59(25-23-57)48(62)41-27-36(12-13-42(41)50)28-43-39-10-5-6-11-40(39)47(61)54-53-43/h5-13,26-27,29-30,33,35,52H,4,14-25,28,31-32H2,1-3H3,(H,54,61). The number of nitrogens with zero attached hydrogens (tertiary/aromatic N) is 7. The number of benzene rings is 3. The molecule has 2 aromatic heterocycles. The van der Waals surface area contributed by atoms with Crippen molar-refractivity contribution in [1.82, 2.24) is 39.7 Å². The summed E-state index contributed by atoms with van der Waals surface area (Å²) in [4.78, 5) is 67.8. The largest absolute Gasteiger partial charge is 0.381 e. The maximum atomic E-state index is 15.1. The number of anilines is 1. The maximum absolute atomic E-state index is 15.1. The molecule has 3 aliphatic heterocycles.